The van der Waals surface area contributed by atoms with Gasteiger partial charge >= 0.3 is 0 Å². The van der Waals surface area contributed by atoms with Crippen LogP contribution in [0.2, 0.25) is 0 Å². The maximum atomic E-state index is 12.6. The van der Waals surface area contributed by atoms with Crippen molar-refractivity contribution in [3.8, 4) is 0 Å². The van der Waals surface area contributed by atoms with Crippen molar-refractivity contribution in [3.63, 3.8) is 0 Å². The lowest BCUT2D eigenvalue weighted by molar-refractivity contribution is 0.0791. The van der Waals surface area contributed by atoms with Crippen LogP contribution in [0.3, 0.4) is 0 Å². The number of pyridine rings is 2. The van der Waals surface area contributed by atoms with E-state index in [4.69, 9.17) is 0 Å². The van der Waals surface area contributed by atoms with Gasteiger partial charge in [-0.1, -0.05) is 6.07 Å². The minimum atomic E-state index is -0.137. The molecule has 7 nitrogen and oxygen atoms in total. The number of hydrogen-bond acceptors (Lipinski definition) is 6. The number of nitrogens with one attached hydrogen (secondary N) is 1. The fourth-order valence-corrected chi connectivity index (χ4v) is 2.38. The Morgan fingerprint density at radius 1 is 1.04 bits per heavy atom. The summed E-state index contributed by atoms with van der Waals surface area (Å²) in [4.78, 5) is 30.9. The maximum absolute atomic E-state index is 12.6. The molecule has 3 aromatic heterocycles. The number of aromatic nitrogens is 4. The molecule has 0 fully saturated rings. The molecule has 0 aliphatic rings. The van der Waals surface area contributed by atoms with Gasteiger partial charge in [0, 0.05) is 38.4 Å². The van der Waals surface area contributed by atoms with Gasteiger partial charge in [0.25, 0.3) is 5.91 Å². The van der Waals surface area contributed by atoms with Gasteiger partial charge in [0.15, 0.2) is 0 Å². The van der Waals surface area contributed by atoms with Crippen LogP contribution >= 0.6 is 0 Å². The van der Waals surface area contributed by atoms with Crippen molar-refractivity contribution in [2.45, 2.75) is 13.0 Å². The Labute approximate surface area is 152 Å². The van der Waals surface area contributed by atoms with Crippen LogP contribution in [-0.2, 0) is 13.0 Å². The summed E-state index contributed by atoms with van der Waals surface area (Å²) in [7, 11) is 1.77. The van der Waals surface area contributed by atoms with E-state index in [2.05, 4.69) is 25.3 Å². The smallest absolute Gasteiger partial charge is 0.272 e. The number of carbonyl (C=O) groups is 1. The van der Waals surface area contributed by atoms with E-state index in [1.807, 2.05) is 30.3 Å². The van der Waals surface area contributed by atoms with E-state index >= 15 is 0 Å². The molecule has 132 valence electrons. The van der Waals surface area contributed by atoms with Crippen molar-refractivity contribution in [1.82, 2.24) is 24.8 Å². The summed E-state index contributed by atoms with van der Waals surface area (Å²) < 4.78 is 0. The van der Waals surface area contributed by atoms with Gasteiger partial charge in [0.1, 0.15) is 5.69 Å². The Hall–Kier alpha value is -3.35. The summed E-state index contributed by atoms with van der Waals surface area (Å²) in [6.07, 6.45) is 7.58. The molecule has 0 bridgehead atoms. The van der Waals surface area contributed by atoms with E-state index in [1.54, 1.807) is 42.8 Å². The third-order valence-electron chi connectivity index (χ3n) is 3.86. The SMILES string of the molecule is CN(CCc1ccncc1)C(=O)c1ccnc(NCc2ccccn2)n1. The second-order valence-corrected chi connectivity index (χ2v) is 5.77. The molecule has 0 spiro atoms. The Morgan fingerprint density at radius 2 is 1.88 bits per heavy atom. The molecule has 3 heterocycles. The first-order chi connectivity index (χ1) is 12.7. The fourth-order valence-electron chi connectivity index (χ4n) is 2.38. The lowest BCUT2D eigenvalue weighted by Gasteiger charge is -2.17. The van der Waals surface area contributed by atoms with Crippen LogP contribution in [0.15, 0.2) is 61.2 Å². The third-order valence-corrected chi connectivity index (χ3v) is 3.86. The van der Waals surface area contributed by atoms with Gasteiger partial charge in [-0.3, -0.25) is 14.8 Å². The first kappa shape index (κ1) is 17.5. The normalized spacial score (nSPS) is 10.3. The van der Waals surface area contributed by atoms with Gasteiger partial charge in [-0.05, 0) is 42.3 Å². The quantitative estimate of drug-likeness (QED) is 0.705. The molecule has 0 radical (unpaired) electrons. The van der Waals surface area contributed by atoms with Crippen LogP contribution in [0.25, 0.3) is 0 Å². The molecule has 0 aliphatic heterocycles. The molecule has 7 heteroatoms. The van der Waals surface area contributed by atoms with E-state index in [0.717, 1.165) is 17.7 Å². The van der Waals surface area contributed by atoms with Crippen molar-refractivity contribution in [1.29, 1.82) is 0 Å². The zero-order valence-corrected chi connectivity index (χ0v) is 14.5. The zero-order chi connectivity index (χ0) is 18.2. The second kappa shape index (κ2) is 8.66. The van der Waals surface area contributed by atoms with Gasteiger partial charge in [0.2, 0.25) is 5.95 Å². The zero-order valence-electron chi connectivity index (χ0n) is 14.5. The van der Waals surface area contributed by atoms with Gasteiger partial charge in [-0.25, -0.2) is 9.97 Å². The van der Waals surface area contributed by atoms with Crippen LogP contribution in [0.5, 0.6) is 0 Å². The van der Waals surface area contributed by atoms with E-state index in [-0.39, 0.29) is 5.91 Å². The van der Waals surface area contributed by atoms with E-state index in [9.17, 15) is 4.79 Å². The molecule has 0 saturated heterocycles. The van der Waals surface area contributed by atoms with E-state index < -0.39 is 0 Å². The molecular weight excluding hydrogens is 328 g/mol. The Kier molecular flexibility index (Phi) is 5.82. The third kappa shape index (κ3) is 4.83. The predicted molar refractivity (Wildman–Crippen MR) is 98.5 cm³/mol. The molecule has 0 unspecified atom stereocenters. The largest absolute Gasteiger partial charge is 0.349 e. The molecule has 1 amide bonds. The maximum Gasteiger partial charge on any atom is 0.272 e. The summed E-state index contributed by atoms with van der Waals surface area (Å²) in [5, 5.41) is 3.09. The number of likely N-dealkylation sites (N-methyl/N-ethyl adjacent to an activating group) is 1. The highest BCUT2D eigenvalue weighted by Gasteiger charge is 2.14. The lowest BCUT2D eigenvalue weighted by Crippen LogP contribution is -2.29. The summed E-state index contributed by atoms with van der Waals surface area (Å²) in [5.74, 6) is 0.270. The van der Waals surface area contributed by atoms with Gasteiger partial charge in [-0.15, -0.1) is 0 Å². The fraction of sp³-hybridized carbons (Fsp3) is 0.211. The van der Waals surface area contributed by atoms with E-state index in [1.165, 1.54) is 0 Å². The standard InChI is InChI=1S/C19H20N6O/c1-25(13-8-15-5-10-20-11-6-15)18(26)17-7-12-22-19(24-17)23-14-16-4-2-3-9-21-16/h2-7,9-12H,8,13-14H2,1H3,(H,22,23,24). The molecule has 3 rings (SSSR count). The topological polar surface area (TPSA) is 83.9 Å². The van der Waals surface area contributed by atoms with Crippen LogP contribution < -0.4 is 5.32 Å². The second-order valence-electron chi connectivity index (χ2n) is 5.77. The Morgan fingerprint density at radius 3 is 2.65 bits per heavy atom. The summed E-state index contributed by atoms with van der Waals surface area (Å²) in [5.41, 5.74) is 2.38. The highest BCUT2D eigenvalue weighted by Crippen LogP contribution is 2.07. The van der Waals surface area contributed by atoms with E-state index in [0.29, 0.717) is 24.7 Å². The highest BCUT2D eigenvalue weighted by atomic mass is 16.2. The Balaban J connectivity index is 1.58. The Bertz CT molecular complexity index is 841. The lowest BCUT2D eigenvalue weighted by atomic mass is 10.2. The number of anilines is 1. The van der Waals surface area contributed by atoms with Gasteiger partial charge in [-0.2, -0.15) is 0 Å². The molecule has 0 aromatic carbocycles. The minimum absolute atomic E-state index is 0.137. The molecule has 1 N–H and O–H groups in total. The first-order valence-corrected chi connectivity index (χ1v) is 8.33. The van der Waals surface area contributed by atoms with Crippen molar-refractivity contribution >= 4 is 11.9 Å². The molecule has 26 heavy (non-hydrogen) atoms. The number of carbonyl (C=O) groups excluding carboxylic acids is 1. The molecule has 3 aromatic rings. The summed E-state index contributed by atoms with van der Waals surface area (Å²) in [6, 6.07) is 11.2. The van der Waals surface area contributed by atoms with Crippen LogP contribution in [0.4, 0.5) is 5.95 Å². The van der Waals surface area contributed by atoms with Gasteiger partial charge in [0.05, 0.1) is 12.2 Å². The van der Waals surface area contributed by atoms with Crippen molar-refractivity contribution in [2.24, 2.45) is 0 Å². The van der Waals surface area contributed by atoms with Crippen molar-refractivity contribution < 1.29 is 4.79 Å². The summed E-state index contributed by atoms with van der Waals surface area (Å²) >= 11 is 0. The number of amides is 1. The minimum Gasteiger partial charge on any atom is -0.349 e. The van der Waals surface area contributed by atoms with Crippen molar-refractivity contribution in [2.75, 3.05) is 18.9 Å². The highest BCUT2D eigenvalue weighted by molar-refractivity contribution is 5.92. The van der Waals surface area contributed by atoms with Crippen LogP contribution in [-0.4, -0.2) is 44.3 Å². The van der Waals surface area contributed by atoms with Crippen LogP contribution in [0, 0.1) is 0 Å². The van der Waals surface area contributed by atoms with Crippen LogP contribution in [0.1, 0.15) is 21.7 Å². The predicted octanol–water partition coefficient (Wildman–Crippen LogP) is 2.19. The summed E-state index contributed by atoms with van der Waals surface area (Å²) in [6.45, 7) is 1.10. The number of nitrogens with zero attached hydrogens (tertiary/aromatic N) is 5. The first-order valence-electron chi connectivity index (χ1n) is 8.33. The monoisotopic (exact) mass is 348 g/mol. The average molecular weight is 348 g/mol. The number of hydrogen-bond donors (Lipinski definition) is 1. The molecule has 0 atom stereocenters. The molecule has 0 aliphatic carbocycles. The molecule has 0 saturated carbocycles. The van der Waals surface area contributed by atoms with Gasteiger partial charge < -0.3 is 10.2 Å². The number of rotatable bonds is 7. The molecular formula is C19H20N6O. The van der Waals surface area contributed by atoms with Crippen molar-refractivity contribution in [3.05, 3.63) is 78.1 Å². The average Bonchev–Trinajstić information content (AvgIpc) is 2.71.